The number of carbonyl (C=O) groups is 1. The van der Waals surface area contributed by atoms with Crippen LogP contribution in [0.4, 0.5) is 5.69 Å². The number of anilines is 1. The number of thioether (sulfide) groups is 1. The van der Waals surface area contributed by atoms with Crippen LogP contribution in [0.2, 0.25) is 10.0 Å². The zero-order valence-electron chi connectivity index (χ0n) is 8.01. The first-order chi connectivity index (χ1) is 7.11. The molecular formula is C10H9Cl2NOS. The summed E-state index contributed by atoms with van der Waals surface area (Å²) >= 11 is 13.3. The third kappa shape index (κ3) is 2.10. The molecule has 1 atom stereocenters. The van der Waals surface area contributed by atoms with Crippen molar-refractivity contribution < 1.29 is 4.79 Å². The van der Waals surface area contributed by atoms with Gasteiger partial charge in [0.2, 0.25) is 5.91 Å². The first-order valence-electron chi connectivity index (χ1n) is 4.58. The number of hydrogen-bond acceptors (Lipinski definition) is 2. The largest absolute Gasteiger partial charge is 0.324 e. The maximum absolute atomic E-state index is 11.6. The third-order valence-electron chi connectivity index (χ3n) is 2.21. The van der Waals surface area contributed by atoms with Gasteiger partial charge in [-0.2, -0.15) is 0 Å². The number of carbonyl (C=O) groups excluding carboxylic acids is 1. The molecule has 0 aromatic heterocycles. The van der Waals surface area contributed by atoms with Crippen LogP contribution in [0.1, 0.15) is 13.3 Å². The first-order valence-corrected chi connectivity index (χ1v) is 6.22. The normalized spacial score (nSPS) is 19.7. The smallest absolute Gasteiger partial charge is 0.237 e. The van der Waals surface area contributed by atoms with Crippen molar-refractivity contribution in [3.05, 3.63) is 22.2 Å². The molecule has 0 aliphatic carbocycles. The Hall–Kier alpha value is -0.380. The number of benzene rings is 1. The number of nitrogens with one attached hydrogen (secondary N) is 1. The molecule has 1 aliphatic rings. The molecule has 0 bridgehead atoms. The van der Waals surface area contributed by atoms with Gasteiger partial charge in [0.1, 0.15) is 0 Å². The molecule has 2 nitrogen and oxygen atoms in total. The molecule has 1 aromatic rings. The van der Waals surface area contributed by atoms with Crippen LogP contribution in [0, 0.1) is 0 Å². The van der Waals surface area contributed by atoms with Crippen molar-refractivity contribution >= 4 is 46.6 Å². The summed E-state index contributed by atoms with van der Waals surface area (Å²) in [4.78, 5) is 12.6. The number of halogens is 2. The van der Waals surface area contributed by atoms with Crippen LogP contribution in [-0.2, 0) is 4.79 Å². The summed E-state index contributed by atoms with van der Waals surface area (Å²) in [5.74, 6) is 0.0355. The molecule has 0 radical (unpaired) electrons. The molecule has 1 N–H and O–H groups in total. The highest BCUT2D eigenvalue weighted by Gasteiger charge is 2.26. The predicted octanol–water partition coefficient (Wildman–Crippen LogP) is 3.82. The van der Waals surface area contributed by atoms with Gasteiger partial charge in [-0.1, -0.05) is 30.1 Å². The van der Waals surface area contributed by atoms with Gasteiger partial charge in [0.15, 0.2) is 0 Å². The quantitative estimate of drug-likeness (QED) is 0.833. The second-order valence-corrected chi connectivity index (χ2v) is 5.33. The maximum Gasteiger partial charge on any atom is 0.237 e. The zero-order chi connectivity index (χ0) is 11.0. The zero-order valence-corrected chi connectivity index (χ0v) is 10.3. The van der Waals surface area contributed by atoms with E-state index in [1.165, 1.54) is 11.8 Å². The Morgan fingerprint density at radius 2 is 2.07 bits per heavy atom. The Balaban J connectivity index is 2.41. The van der Waals surface area contributed by atoms with Crippen molar-refractivity contribution in [3.63, 3.8) is 0 Å². The van der Waals surface area contributed by atoms with Gasteiger partial charge >= 0.3 is 0 Å². The Morgan fingerprint density at radius 1 is 1.40 bits per heavy atom. The predicted molar refractivity (Wildman–Crippen MR) is 65.0 cm³/mol. The number of amides is 1. The highest BCUT2D eigenvalue weighted by atomic mass is 35.5. The van der Waals surface area contributed by atoms with Crippen molar-refractivity contribution in [1.29, 1.82) is 0 Å². The minimum atomic E-state index is -0.0326. The summed E-state index contributed by atoms with van der Waals surface area (Å²) in [6, 6.07) is 3.49. The van der Waals surface area contributed by atoms with Crippen LogP contribution >= 0.6 is 35.0 Å². The lowest BCUT2D eigenvalue weighted by Crippen LogP contribution is -2.28. The molecule has 15 heavy (non-hydrogen) atoms. The van der Waals surface area contributed by atoms with Gasteiger partial charge in [0.25, 0.3) is 0 Å². The second-order valence-electron chi connectivity index (χ2n) is 3.27. The molecule has 0 spiro atoms. The van der Waals surface area contributed by atoms with Crippen LogP contribution < -0.4 is 5.32 Å². The molecule has 0 saturated heterocycles. The van der Waals surface area contributed by atoms with Gasteiger partial charge < -0.3 is 5.32 Å². The molecule has 1 aromatic carbocycles. The van der Waals surface area contributed by atoms with Gasteiger partial charge in [-0.25, -0.2) is 0 Å². The lowest BCUT2D eigenvalue weighted by atomic mass is 10.2. The number of hydrogen-bond donors (Lipinski definition) is 1. The maximum atomic E-state index is 11.6. The summed E-state index contributed by atoms with van der Waals surface area (Å²) in [6.45, 7) is 1.99. The standard InChI is InChI=1S/C10H9Cl2NOS/c1-2-8-10(14)13-7-3-5(11)6(12)4-9(7)15-8/h3-4,8H,2H2,1H3,(H,13,14). The Labute approximate surface area is 102 Å². The van der Waals surface area contributed by atoms with Crippen LogP contribution in [0.25, 0.3) is 0 Å². The van der Waals surface area contributed by atoms with Gasteiger partial charge in [-0.05, 0) is 18.6 Å². The van der Waals surface area contributed by atoms with Crippen LogP contribution in [0.5, 0.6) is 0 Å². The average molecular weight is 262 g/mol. The molecule has 2 rings (SSSR count). The Morgan fingerprint density at radius 3 is 2.73 bits per heavy atom. The van der Waals surface area contributed by atoms with E-state index in [-0.39, 0.29) is 11.2 Å². The molecule has 1 heterocycles. The fraction of sp³-hybridized carbons (Fsp3) is 0.300. The van der Waals surface area contributed by atoms with E-state index in [1.807, 2.05) is 6.92 Å². The van der Waals surface area contributed by atoms with E-state index in [0.29, 0.717) is 10.0 Å². The lowest BCUT2D eigenvalue weighted by molar-refractivity contribution is -0.115. The van der Waals surface area contributed by atoms with Gasteiger partial charge in [-0.3, -0.25) is 4.79 Å². The highest BCUT2D eigenvalue weighted by Crippen LogP contribution is 2.40. The van der Waals surface area contributed by atoms with Crippen molar-refractivity contribution in [2.24, 2.45) is 0 Å². The topological polar surface area (TPSA) is 29.1 Å². The number of fused-ring (bicyclic) bond motifs is 1. The molecule has 0 fully saturated rings. The Bertz CT molecular complexity index is 422. The van der Waals surface area contributed by atoms with Gasteiger partial charge in [0.05, 0.1) is 21.0 Å². The summed E-state index contributed by atoms with van der Waals surface area (Å²) in [7, 11) is 0. The fourth-order valence-corrected chi connectivity index (χ4v) is 2.87. The average Bonchev–Trinajstić information content (AvgIpc) is 2.20. The molecular weight excluding hydrogens is 253 g/mol. The summed E-state index contributed by atoms with van der Waals surface area (Å²) in [5, 5.41) is 3.78. The molecule has 1 unspecified atom stereocenters. The van der Waals surface area contributed by atoms with Crippen molar-refractivity contribution in [2.45, 2.75) is 23.5 Å². The van der Waals surface area contributed by atoms with E-state index >= 15 is 0 Å². The van der Waals surface area contributed by atoms with Gasteiger partial charge in [-0.15, -0.1) is 11.8 Å². The van der Waals surface area contributed by atoms with E-state index in [2.05, 4.69) is 5.32 Å². The SMILES string of the molecule is CCC1Sc2cc(Cl)c(Cl)cc2NC1=O. The monoisotopic (exact) mass is 261 g/mol. The van der Waals surface area contributed by atoms with Gasteiger partial charge in [0, 0.05) is 4.90 Å². The molecule has 0 saturated carbocycles. The van der Waals surface area contributed by atoms with Crippen molar-refractivity contribution in [2.75, 3.05) is 5.32 Å². The van der Waals surface area contributed by atoms with Crippen molar-refractivity contribution in [1.82, 2.24) is 0 Å². The van der Waals surface area contributed by atoms with Crippen LogP contribution in [0.3, 0.4) is 0 Å². The van der Waals surface area contributed by atoms with E-state index in [1.54, 1.807) is 12.1 Å². The van der Waals surface area contributed by atoms with E-state index in [4.69, 9.17) is 23.2 Å². The van der Waals surface area contributed by atoms with E-state index < -0.39 is 0 Å². The summed E-state index contributed by atoms with van der Waals surface area (Å²) in [6.07, 6.45) is 0.802. The summed E-state index contributed by atoms with van der Waals surface area (Å²) < 4.78 is 0. The van der Waals surface area contributed by atoms with Crippen molar-refractivity contribution in [3.8, 4) is 0 Å². The molecule has 80 valence electrons. The fourth-order valence-electron chi connectivity index (χ4n) is 1.41. The second kappa shape index (κ2) is 4.24. The minimum absolute atomic E-state index is 0.0326. The third-order valence-corrected chi connectivity index (χ3v) is 4.36. The molecule has 1 amide bonds. The van der Waals surface area contributed by atoms with E-state index in [0.717, 1.165) is 17.0 Å². The van der Waals surface area contributed by atoms with Crippen LogP contribution in [0.15, 0.2) is 17.0 Å². The number of rotatable bonds is 1. The first kappa shape index (κ1) is 11.1. The minimum Gasteiger partial charge on any atom is -0.324 e. The molecule has 1 aliphatic heterocycles. The highest BCUT2D eigenvalue weighted by molar-refractivity contribution is 8.01. The molecule has 5 heteroatoms. The Kier molecular flexibility index (Phi) is 3.14. The van der Waals surface area contributed by atoms with E-state index in [9.17, 15) is 4.79 Å². The summed E-state index contributed by atoms with van der Waals surface area (Å²) in [5.41, 5.74) is 0.754. The lowest BCUT2D eigenvalue weighted by Gasteiger charge is -2.23. The van der Waals surface area contributed by atoms with Crippen LogP contribution in [-0.4, -0.2) is 11.2 Å².